The van der Waals surface area contributed by atoms with Gasteiger partial charge in [0.2, 0.25) is 0 Å². The van der Waals surface area contributed by atoms with Crippen molar-refractivity contribution in [1.82, 2.24) is 4.90 Å². The Labute approximate surface area is 114 Å². The Kier molecular flexibility index (Phi) is 4.93. The minimum Gasteiger partial charge on any atom is -0.381 e. The van der Waals surface area contributed by atoms with Crippen molar-refractivity contribution in [3.8, 4) is 0 Å². The van der Waals surface area contributed by atoms with Gasteiger partial charge in [-0.15, -0.1) is 0 Å². The molecule has 1 atom stereocenters. The molecule has 1 amide bonds. The number of nitrogens with two attached hydrogens (primary N) is 1. The molecule has 1 unspecified atom stereocenters. The topological polar surface area (TPSA) is 55.6 Å². The van der Waals surface area contributed by atoms with Gasteiger partial charge in [-0.1, -0.05) is 12.1 Å². The molecule has 1 aromatic carbocycles. The lowest BCUT2D eigenvalue weighted by molar-refractivity contribution is 0.0731. The number of rotatable bonds is 5. The van der Waals surface area contributed by atoms with Gasteiger partial charge in [-0.25, -0.2) is 0 Å². The van der Waals surface area contributed by atoms with E-state index in [4.69, 9.17) is 10.5 Å². The molecule has 0 radical (unpaired) electrons. The molecule has 4 heteroatoms. The summed E-state index contributed by atoms with van der Waals surface area (Å²) in [5.74, 6) is 0.574. The molecule has 0 aliphatic carbocycles. The van der Waals surface area contributed by atoms with Crippen molar-refractivity contribution < 1.29 is 9.53 Å². The van der Waals surface area contributed by atoms with E-state index in [9.17, 15) is 4.79 Å². The molecule has 0 spiro atoms. The van der Waals surface area contributed by atoms with Crippen molar-refractivity contribution in [3.05, 3.63) is 35.4 Å². The van der Waals surface area contributed by atoms with Gasteiger partial charge in [-0.3, -0.25) is 4.79 Å². The SMILES string of the molecule is CCN(CC1CCOC1)C(=O)c1ccc(CN)cc1. The molecular weight excluding hydrogens is 240 g/mol. The van der Waals surface area contributed by atoms with E-state index in [1.165, 1.54) is 0 Å². The average Bonchev–Trinajstić information content (AvgIpc) is 2.97. The first-order valence-electron chi connectivity index (χ1n) is 6.90. The van der Waals surface area contributed by atoms with Gasteiger partial charge in [0.25, 0.3) is 5.91 Å². The maximum absolute atomic E-state index is 12.4. The Morgan fingerprint density at radius 1 is 1.42 bits per heavy atom. The summed E-state index contributed by atoms with van der Waals surface area (Å²) in [5, 5.41) is 0. The van der Waals surface area contributed by atoms with E-state index in [1.54, 1.807) is 0 Å². The summed E-state index contributed by atoms with van der Waals surface area (Å²) in [6.07, 6.45) is 1.05. The summed E-state index contributed by atoms with van der Waals surface area (Å²) < 4.78 is 5.37. The number of amides is 1. The molecule has 19 heavy (non-hydrogen) atoms. The van der Waals surface area contributed by atoms with Crippen molar-refractivity contribution in [2.75, 3.05) is 26.3 Å². The normalized spacial score (nSPS) is 18.5. The minimum absolute atomic E-state index is 0.0953. The van der Waals surface area contributed by atoms with Crippen molar-refractivity contribution in [3.63, 3.8) is 0 Å². The van der Waals surface area contributed by atoms with Crippen molar-refractivity contribution in [2.24, 2.45) is 11.7 Å². The van der Waals surface area contributed by atoms with Crippen LogP contribution < -0.4 is 5.73 Å². The molecule has 1 aliphatic heterocycles. The quantitative estimate of drug-likeness (QED) is 0.877. The third kappa shape index (κ3) is 3.55. The molecule has 4 nitrogen and oxygen atoms in total. The number of benzene rings is 1. The van der Waals surface area contributed by atoms with Gasteiger partial charge in [0.15, 0.2) is 0 Å². The van der Waals surface area contributed by atoms with Crippen LogP contribution in [0.5, 0.6) is 0 Å². The summed E-state index contributed by atoms with van der Waals surface area (Å²) in [6, 6.07) is 7.55. The zero-order valence-corrected chi connectivity index (χ0v) is 11.5. The lowest BCUT2D eigenvalue weighted by Gasteiger charge is -2.23. The van der Waals surface area contributed by atoms with E-state index in [0.717, 1.165) is 43.9 Å². The summed E-state index contributed by atoms with van der Waals surface area (Å²) in [4.78, 5) is 14.3. The minimum atomic E-state index is 0.0953. The second-order valence-electron chi connectivity index (χ2n) is 4.97. The molecule has 1 saturated heterocycles. The molecule has 2 N–H and O–H groups in total. The lowest BCUT2D eigenvalue weighted by Crippen LogP contribution is -2.35. The highest BCUT2D eigenvalue weighted by molar-refractivity contribution is 5.94. The summed E-state index contributed by atoms with van der Waals surface area (Å²) >= 11 is 0. The molecule has 1 aliphatic rings. The number of nitrogens with zero attached hydrogens (tertiary/aromatic N) is 1. The highest BCUT2D eigenvalue weighted by atomic mass is 16.5. The lowest BCUT2D eigenvalue weighted by atomic mass is 10.1. The number of hydrogen-bond donors (Lipinski definition) is 1. The Balaban J connectivity index is 2.01. The predicted octanol–water partition coefficient (Wildman–Crippen LogP) is 1.64. The van der Waals surface area contributed by atoms with E-state index in [2.05, 4.69) is 0 Å². The highest BCUT2D eigenvalue weighted by Gasteiger charge is 2.22. The number of ether oxygens (including phenoxy) is 1. The Hall–Kier alpha value is -1.39. The van der Waals surface area contributed by atoms with Crippen molar-refractivity contribution >= 4 is 5.91 Å². The van der Waals surface area contributed by atoms with E-state index in [-0.39, 0.29) is 5.91 Å². The van der Waals surface area contributed by atoms with Gasteiger partial charge in [-0.2, -0.15) is 0 Å². The molecule has 1 aromatic rings. The Bertz CT molecular complexity index is 411. The number of carbonyl (C=O) groups is 1. The van der Waals surface area contributed by atoms with Crippen LogP contribution in [0.1, 0.15) is 29.3 Å². The second-order valence-corrected chi connectivity index (χ2v) is 4.97. The van der Waals surface area contributed by atoms with Gasteiger partial charge >= 0.3 is 0 Å². The summed E-state index contributed by atoms with van der Waals surface area (Å²) in [5.41, 5.74) is 7.34. The van der Waals surface area contributed by atoms with E-state index in [0.29, 0.717) is 12.5 Å². The van der Waals surface area contributed by atoms with Gasteiger partial charge in [0, 0.05) is 37.7 Å². The smallest absolute Gasteiger partial charge is 0.253 e. The molecule has 1 heterocycles. The van der Waals surface area contributed by atoms with Crippen LogP contribution in [0.3, 0.4) is 0 Å². The van der Waals surface area contributed by atoms with E-state index in [1.807, 2.05) is 36.1 Å². The monoisotopic (exact) mass is 262 g/mol. The number of carbonyl (C=O) groups excluding carboxylic acids is 1. The zero-order valence-electron chi connectivity index (χ0n) is 11.5. The first kappa shape index (κ1) is 14.0. The van der Waals surface area contributed by atoms with Crippen LogP contribution in [-0.4, -0.2) is 37.1 Å². The summed E-state index contributed by atoms with van der Waals surface area (Å²) in [7, 11) is 0. The van der Waals surface area contributed by atoms with Gasteiger partial charge < -0.3 is 15.4 Å². The molecule has 1 fully saturated rings. The van der Waals surface area contributed by atoms with Crippen LogP contribution in [-0.2, 0) is 11.3 Å². The van der Waals surface area contributed by atoms with Gasteiger partial charge in [-0.05, 0) is 31.0 Å². The third-order valence-corrected chi connectivity index (χ3v) is 3.61. The Morgan fingerprint density at radius 3 is 2.68 bits per heavy atom. The van der Waals surface area contributed by atoms with Crippen LogP contribution >= 0.6 is 0 Å². The fourth-order valence-electron chi connectivity index (χ4n) is 2.36. The maximum atomic E-state index is 12.4. The highest BCUT2D eigenvalue weighted by Crippen LogP contribution is 2.16. The van der Waals surface area contributed by atoms with Crippen LogP contribution in [0.15, 0.2) is 24.3 Å². The molecule has 0 saturated carbocycles. The van der Waals surface area contributed by atoms with Crippen LogP contribution in [0, 0.1) is 5.92 Å². The predicted molar refractivity (Wildman–Crippen MR) is 74.8 cm³/mol. The van der Waals surface area contributed by atoms with E-state index >= 15 is 0 Å². The molecule has 2 rings (SSSR count). The molecular formula is C15H22N2O2. The number of hydrogen-bond acceptors (Lipinski definition) is 3. The van der Waals surface area contributed by atoms with Crippen LogP contribution in [0.4, 0.5) is 0 Å². The fraction of sp³-hybridized carbons (Fsp3) is 0.533. The van der Waals surface area contributed by atoms with Gasteiger partial charge in [0.1, 0.15) is 0 Å². The van der Waals surface area contributed by atoms with Crippen LogP contribution in [0.2, 0.25) is 0 Å². The second kappa shape index (κ2) is 6.68. The Morgan fingerprint density at radius 2 is 2.16 bits per heavy atom. The fourth-order valence-corrected chi connectivity index (χ4v) is 2.36. The maximum Gasteiger partial charge on any atom is 0.253 e. The average molecular weight is 262 g/mol. The summed E-state index contributed by atoms with van der Waals surface area (Å²) in [6.45, 7) is 5.63. The molecule has 104 valence electrons. The largest absolute Gasteiger partial charge is 0.381 e. The van der Waals surface area contributed by atoms with Crippen molar-refractivity contribution in [1.29, 1.82) is 0 Å². The van der Waals surface area contributed by atoms with Crippen LogP contribution in [0.25, 0.3) is 0 Å². The van der Waals surface area contributed by atoms with E-state index < -0.39 is 0 Å². The zero-order chi connectivity index (χ0) is 13.7. The first-order valence-corrected chi connectivity index (χ1v) is 6.90. The van der Waals surface area contributed by atoms with Crippen molar-refractivity contribution in [2.45, 2.75) is 19.9 Å². The molecule has 0 aromatic heterocycles. The molecule has 0 bridgehead atoms. The first-order chi connectivity index (χ1) is 9.24. The third-order valence-electron chi connectivity index (χ3n) is 3.61. The van der Waals surface area contributed by atoms with Gasteiger partial charge in [0.05, 0.1) is 6.61 Å². The standard InChI is InChI=1S/C15H22N2O2/c1-2-17(10-13-7-8-19-11-13)15(18)14-5-3-12(9-16)4-6-14/h3-6,13H,2,7-11,16H2,1H3.